The highest BCUT2D eigenvalue weighted by Crippen LogP contribution is 2.44. The Bertz CT molecular complexity index is 1010. The number of phenolic OH excluding ortho intramolecular Hbond substituents is 2. The van der Waals surface area contributed by atoms with Crippen LogP contribution in [0.1, 0.15) is 0 Å². The molecular weight excluding hydrogens is 333 g/mol. The average Bonchev–Trinajstić information content (AvgIpc) is 2.53. The molecule has 23 heavy (non-hydrogen) atoms. The normalized spacial score (nSPS) is 11.6. The Morgan fingerprint density at radius 2 is 1.00 bits per heavy atom. The van der Waals surface area contributed by atoms with Crippen LogP contribution in [0, 0.1) is 40.7 Å². The molecule has 2 N–H and O–H groups in total. The van der Waals surface area contributed by atoms with Crippen LogP contribution in [0.5, 0.6) is 11.5 Å². The highest BCUT2D eigenvalue weighted by Gasteiger charge is 2.29. The first-order valence-corrected chi connectivity index (χ1v) is 5.85. The van der Waals surface area contributed by atoms with E-state index in [0.29, 0.717) is 0 Å². The van der Waals surface area contributed by atoms with Crippen molar-refractivity contribution in [1.29, 1.82) is 0 Å². The van der Waals surface area contributed by atoms with Crippen molar-refractivity contribution in [1.82, 2.24) is 0 Å². The van der Waals surface area contributed by atoms with Gasteiger partial charge in [-0.2, -0.15) is 4.39 Å². The SMILES string of the molecule is Oc1c(F)c(F)c2c(cc(F)c3c(F)c(F)c(F)c(F)c32)c1O. The molecule has 0 aliphatic heterocycles. The lowest BCUT2D eigenvalue weighted by Crippen LogP contribution is -2.02. The molecule has 3 aromatic carbocycles. The van der Waals surface area contributed by atoms with E-state index in [1.165, 1.54) is 0 Å². The third-order valence-corrected chi connectivity index (χ3v) is 3.40. The topological polar surface area (TPSA) is 40.5 Å². The second-order valence-electron chi connectivity index (χ2n) is 4.61. The van der Waals surface area contributed by atoms with E-state index in [4.69, 9.17) is 0 Å². The quantitative estimate of drug-likeness (QED) is 0.210. The summed E-state index contributed by atoms with van der Waals surface area (Å²) < 4.78 is 95.5. The van der Waals surface area contributed by atoms with Gasteiger partial charge in [0.1, 0.15) is 5.82 Å². The predicted octanol–water partition coefficient (Wildman–Crippen LogP) is 4.38. The summed E-state index contributed by atoms with van der Waals surface area (Å²) in [6.45, 7) is 0. The first-order chi connectivity index (χ1) is 10.7. The molecule has 3 rings (SSSR count). The van der Waals surface area contributed by atoms with E-state index in [-0.39, 0.29) is 6.07 Å². The average molecular weight is 336 g/mol. The van der Waals surface area contributed by atoms with Crippen LogP contribution in [0.2, 0.25) is 0 Å². The highest BCUT2D eigenvalue weighted by molar-refractivity contribution is 6.11. The van der Waals surface area contributed by atoms with E-state index in [1.807, 2.05) is 0 Å². The molecule has 0 spiro atoms. The molecule has 0 bridgehead atoms. The van der Waals surface area contributed by atoms with Crippen LogP contribution < -0.4 is 0 Å². The molecule has 0 aromatic heterocycles. The highest BCUT2D eigenvalue weighted by atomic mass is 19.2. The van der Waals surface area contributed by atoms with Crippen LogP contribution in [0.3, 0.4) is 0 Å². The number of hydrogen-bond donors (Lipinski definition) is 2. The second kappa shape index (κ2) is 4.64. The number of benzene rings is 3. The van der Waals surface area contributed by atoms with Crippen LogP contribution in [-0.2, 0) is 0 Å². The second-order valence-corrected chi connectivity index (χ2v) is 4.61. The summed E-state index contributed by atoms with van der Waals surface area (Å²) in [6, 6.07) is 0.231. The number of halogens is 7. The fourth-order valence-corrected chi connectivity index (χ4v) is 2.36. The van der Waals surface area contributed by atoms with E-state index >= 15 is 0 Å². The van der Waals surface area contributed by atoms with Gasteiger partial charge in [-0.1, -0.05) is 0 Å². The maximum atomic E-state index is 14.0. The summed E-state index contributed by atoms with van der Waals surface area (Å²) in [5.74, 6) is -17.7. The lowest BCUT2D eigenvalue weighted by Gasteiger charge is -2.12. The van der Waals surface area contributed by atoms with Crippen molar-refractivity contribution in [3.8, 4) is 11.5 Å². The first-order valence-electron chi connectivity index (χ1n) is 5.85. The molecule has 0 fully saturated rings. The summed E-state index contributed by atoms with van der Waals surface area (Å²) in [5.41, 5.74) is 0. The minimum absolute atomic E-state index is 0.231. The molecular formula is C14H3F7O2. The zero-order valence-electron chi connectivity index (χ0n) is 10.6. The molecule has 120 valence electrons. The first kappa shape index (κ1) is 15.2. The van der Waals surface area contributed by atoms with Gasteiger partial charge in [0, 0.05) is 16.2 Å². The lowest BCUT2D eigenvalue weighted by atomic mass is 9.98. The molecule has 0 aliphatic rings. The Balaban J connectivity index is 2.80. The number of phenols is 2. The fourth-order valence-electron chi connectivity index (χ4n) is 2.36. The molecule has 9 heteroatoms. The standard InChI is InChI=1S/C14H3F7O2/c15-3-1-2-4(7(16)12(21)14(23)13(2)22)6-5(3)8(17)10(19)11(20)9(6)18/h1,22-23H. The van der Waals surface area contributed by atoms with E-state index in [2.05, 4.69) is 0 Å². The predicted molar refractivity (Wildman–Crippen MR) is 64.5 cm³/mol. The smallest absolute Gasteiger partial charge is 0.204 e. The summed E-state index contributed by atoms with van der Waals surface area (Å²) in [7, 11) is 0. The van der Waals surface area contributed by atoms with Gasteiger partial charge in [-0.15, -0.1) is 0 Å². The minimum atomic E-state index is -2.37. The Kier molecular flexibility index (Phi) is 3.07. The molecule has 3 aromatic rings. The third kappa shape index (κ3) is 1.76. The summed E-state index contributed by atoms with van der Waals surface area (Å²) in [4.78, 5) is 0. The van der Waals surface area contributed by atoms with Gasteiger partial charge in [0.25, 0.3) is 0 Å². The Morgan fingerprint density at radius 1 is 0.522 bits per heavy atom. The van der Waals surface area contributed by atoms with Crippen molar-refractivity contribution in [3.63, 3.8) is 0 Å². The molecule has 0 saturated heterocycles. The zero-order valence-corrected chi connectivity index (χ0v) is 10.6. The van der Waals surface area contributed by atoms with Crippen molar-refractivity contribution < 1.29 is 40.9 Å². The molecule has 0 heterocycles. The Morgan fingerprint density at radius 3 is 1.57 bits per heavy atom. The van der Waals surface area contributed by atoms with Crippen molar-refractivity contribution in [2.75, 3.05) is 0 Å². The minimum Gasteiger partial charge on any atom is -0.504 e. The van der Waals surface area contributed by atoms with E-state index < -0.39 is 73.8 Å². The van der Waals surface area contributed by atoms with Gasteiger partial charge in [0.2, 0.25) is 5.82 Å². The summed E-state index contributed by atoms with van der Waals surface area (Å²) in [5, 5.41) is 13.6. The van der Waals surface area contributed by atoms with Crippen molar-refractivity contribution in [2.24, 2.45) is 0 Å². The van der Waals surface area contributed by atoms with E-state index in [0.717, 1.165) is 0 Å². The Hall–Kier alpha value is -2.71. The van der Waals surface area contributed by atoms with Gasteiger partial charge < -0.3 is 10.2 Å². The van der Waals surface area contributed by atoms with E-state index in [9.17, 15) is 40.9 Å². The molecule has 0 radical (unpaired) electrons. The van der Waals surface area contributed by atoms with Gasteiger partial charge in [0.15, 0.2) is 40.6 Å². The van der Waals surface area contributed by atoms with Crippen LogP contribution in [-0.4, -0.2) is 10.2 Å². The molecule has 0 atom stereocenters. The molecule has 2 nitrogen and oxygen atoms in total. The van der Waals surface area contributed by atoms with Crippen molar-refractivity contribution in [2.45, 2.75) is 0 Å². The fraction of sp³-hybridized carbons (Fsp3) is 0. The lowest BCUT2D eigenvalue weighted by molar-refractivity contribution is 0.370. The number of aromatic hydroxyl groups is 2. The van der Waals surface area contributed by atoms with Crippen LogP contribution in [0.15, 0.2) is 6.07 Å². The van der Waals surface area contributed by atoms with Gasteiger partial charge in [-0.05, 0) is 6.07 Å². The third-order valence-electron chi connectivity index (χ3n) is 3.40. The van der Waals surface area contributed by atoms with Gasteiger partial charge in [-0.25, -0.2) is 26.3 Å². The molecule has 0 aliphatic carbocycles. The van der Waals surface area contributed by atoms with Gasteiger partial charge in [0.05, 0.1) is 5.39 Å². The maximum Gasteiger partial charge on any atom is 0.204 e. The summed E-state index contributed by atoms with van der Waals surface area (Å²) in [6.07, 6.45) is 0. The zero-order chi connectivity index (χ0) is 17.2. The monoisotopic (exact) mass is 336 g/mol. The number of fused-ring (bicyclic) bond motifs is 3. The van der Waals surface area contributed by atoms with Crippen molar-refractivity contribution >= 4 is 21.5 Å². The maximum absolute atomic E-state index is 14.0. The molecule has 0 saturated carbocycles. The Labute approximate surface area is 122 Å². The van der Waals surface area contributed by atoms with E-state index in [1.54, 1.807) is 0 Å². The number of rotatable bonds is 0. The largest absolute Gasteiger partial charge is 0.504 e. The molecule has 0 unspecified atom stereocenters. The van der Waals surface area contributed by atoms with Crippen LogP contribution in [0.25, 0.3) is 21.5 Å². The molecule has 0 amide bonds. The van der Waals surface area contributed by atoms with Crippen molar-refractivity contribution in [3.05, 3.63) is 46.8 Å². The summed E-state index contributed by atoms with van der Waals surface area (Å²) >= 11 is 0. The van der Waals surface area contributed by atoms with Crippen LogP contribution >= 0.6 is 0 Å². The van der Waals surface area contributed by atoms with Crippen LogP contribution in [0.4, 0.5) is 30.7 Å². The number of hydrogen-bond acceptors (Lipinski definition) is 2. The van der Waals surface area contributed by atoms with Gasteiger partial charge >= 0.3 is 0 Å². The van der Waals surface area contributed by atoms with Gasteiger partial charge in [-0.3, -0.25) is 0 Å².